The average Bonchev–Trinajstić information content (AvgIpc) is 3.66. The first-order valence-corrected chi connectivity index (χ1v) is 16.8. The number of hydrogen-bond donors (Lipinski definition) is 0. The average molecular weight is 831 g/mol. The molecule has 0 bridgehead atoms. The van der Waals surface area contributed by atoms with Crippen molar-refractivity contribution in [3.05, 3.63) is 156 Å². The second-order valence-corrected chi connectivity index (χ2v) is 13.9. The first-order valence-electron chi connectivity index (χ1n) is 16.8. The molecule has 3 heterocycles. The van der Waals surface area contributed by atoms with Crippen LogP contribution in [0.15, 0.2) is 121 Å². The predicted molar refractivity (Wildman–Crippen MR) is 202 cm³/mol. The summed E-state index contributed by atoms with van der Waals surface area (Å²) in [4.78, 5) is 7.81. The summed E-state index contributed by atoms with van der Waals surface area (Å²) in [6, 6.07) is 49.4. The van der Waals surface area contributed by atoms with E-state index in [1.807, 2.05) is 24.3 Å². The third-order valence-electron chi connectivity index (χ3n) is 9.68. The molecule has 5 aromatic carbocycles. The summed E-state index contributed by atoms with van der Waals surface area (Å²) in [6.45, 7) is 10.9. The van der Waals surface area contributed by atoms with Crippen molar-refractivity contribution >= 4 is 51.1 Å². The Morgan fingerprint density at radius 3 is 2.16 bits per heavy atom. The molecule has 0 N–H and O–H groups in total. The number of para-hydroxylation sites is 5. The number of pyridine rings is 1. The van der Waals surface area contributed by atoms with E-state index in [9.17, 15) is 0 Å². The molecule has 0 aliphatic heterocycles. The molecule has 50 heavy (non-hydrogen) atoms. The number of imidazole rings is 1. The first kappa shape index (κ1) is 33.6. The molecule has 7 heteroatoms. The van der Waals surface area contributed by atoms with Crippen molar-refractivity contribution in [1.29, 1.82) is 0 Å². The minimum atomic E-state index is -0.253. The molecule has 0 spiro atoms. The quantitative estimate of drug-likeness (QED) is 0.125. The van der Waals surface area contributed by atoms with Crippen molar-refractivity contribution < 1.29 is 25.5 Å². The van der Waals surface area contributed by atoms with Crippen molar-refractivity contribution in [2.45, 2.75) is 40.0 Å². The molecule has 0 radical (unpaired) electrons. The van der Waals surface area contributed by atoms with Gasteiger partial charge in [0.1, 0.15) is 11.6 Å². The molecule has 3 aromatic heterocycles. The van der Waals surface area contributed by atoms with Gasteiger partial charge in [-0.3, -0.25) is 0 Å². The fourth-order valence-electron chi connectivity index (χ4n) is 7.14. The molecule has 0 atom stereocenters. The zero-order valence-corrected chi connectivity index (χ0v) is 31.4. The van der Waals surface area contributed by atoms with Crippen molar-refractivity contribution in [3.8, 4) is 11.5 Å². The van der Waals surface area contributed by atoms with E-state index in [1.165, 1.54) is 32.9 Å². The van der Waals surface area contributed by atoms with E-state index in [-0.39, 0.29) is 33.5 Å². The minimum Gasteiger partial charge on any atom is -0.359 e. The summed E-state index contributed by atoms with van der Waals surface area (Å²) in [5.74, 6) is 1.75. The van der Waals surface area contributed by atoms with Gasteiger partial charge in [-0.2, -0.15) is 54.6 Å². The fourth-order valence-corrected chi connectivity index (χ4v) is 7.14. The van der Waals surface area contributed by atoms with Gasteiger partial charge in [-0.25, -0.2) is 4.98 Å². The Balaban J connectivity index is 0.00000392. The van der Waals surface area contributed by atoms with Crippen LogP contribution in [0.4, 0.5) is 5.82 Å². The number of fused-ring (bicyclic) bond motifs is 4. The summed E-state index contributed by atoms with van der Waals surface area (Å²) < 4.78 is 6.65. The topological polar surface area (TPSA) is 29.9 Å². The zero-order valence-electron chi connectivity index (χ0n) is 29.2. The Hall–Kier alpha value is -4.93. The molecule has 0 saturated heterocycles. The maximum absolute atomic E-state index is 5.49. The van der Waals surface area contributed by atoms with Gasteiger partial charge < -0.3 is 18.4 Å². The van der Waals surface area contributed by atoms with Crippen LogP contribution in [0.25, 0.3) is 44.3 Å². The summed E-state index contributed by atoms with van der Waals surface area (Å²) >= 11 is 0. The van der Waals surface area contributed by atoms with Crippen molar-refractivity contribution in [1.82, 2.24) is 14.1 Å². The molecule has 0 unspecified atom stereocenters. The summed E-state index contributed by atoms with van der Waals surface area (Å²) in [6.07, 6.45) is 3.77. The van der Waals surface area contributed by atoms with Crippen molar-refractivity contribution in [2.24, 2.45) is 0 Å². The number of aromatic nitrogens is 4. The largest absolute Gasteiger partial charge is 0.520 e. The number of aryl methyl sites for hydroxylation is 2. The molecule has 8 aromatic rings. The predicted octanol–water partition coefficient (Wildman–Crippen LogP) is 8.10. The smallest absolute Gasteiger partial charge is 0.359 e. The Bertz CT molecular complexity index is 2420. The summed E-state index contributed by atoms with van der Waals surface area (Å²) in [7, 11) is 2.16. The Morgan fingerprint density at radius 2 is 1.42 bits per heavy atom. The van der Waals surface area contributed by atoms with Crippen LogP contribution in [0.5, 0.6) is 0 Å². The van der Waals surface area contributed by atoms with Crippen molar-refractivity contribution in [3.63, 3.8) is 0 Å². The third-order valence-corrected chi connectivity index (χ3v) is 9.68. The number of anilines is 1. The van der Waals surface area contributed by atoms with Gasteiger partial charge in [0.15, 0.2) is 0 Å². The van der Waals surface area contributed by atoms with Crippen LogP contribution < -0.4 is 14.8 Å². The zero-order chi connectivity index (χ0) is 33.9. The van der Waals surface area contributed by atoms with Gasteiger partial charge in [0, 0.05) is 32.1 Å². The van der Waals surface area contributed by atoms with Gasteiger partial charge in [0.25, 0.3) is 0 Å². The van der Waals surface area contributed by atoms with Gasteiger partial charge >= 0.3 is 6.98 Å². The van der Waals surface area contributed by atoms with Crippen LogP contribution in [0.2, 0.25) is 0 Å². The molecule has 0 fully saturated rings. The molecule has 8 rings (SSSR count). The number of benzene rings is 5. The van der Waals surface area contributed by atoms with E-state index < -0.39 is 0 Å². The molecule has 250 valence electrons. The number of hydrogen-bond acceptors (Lipinski definition) is 2. The standard InChI is InChI=1S/C43H38BN5.Pt/c1-30-17-16-18-31(2)42(30)44(48-29-47(33-19-8-7-9-20-33)38-25-14-15-26-39(38)48)46(6)40-27-32(43(3,4)5)28-41(45-40)49-36-23-12-10-21-34(36)35-22-11-13-24-37(35)49;/h7-19,21-23,25-28H,1-6H3;/q-2;. The van der Waals surface area contributed by atoms with Crippen LogP contribution >= 0.6 is 0 Å². The van der Waals surface area contributed by atoms with Crippen molar-refractivity contribution in [2.75, 3.05) is 11.9 Å². The van der Waals surface area contributed by atoms with Gasteiger partial charge in [0.05, 0.1) is 5.52 Å². The third kappa shape index (κ3) is 5.66. The Kier molecular flexibility index (Phi) is 8.78. The molecule has 0 saturated carbocycles. The molecule has 0 amide bonds. The monoisotopic (exact) mass is 830 g/mol. The number of rotatable bonds is 6. The van der Waals surface area contributed by atoms with Gasteiger partial charge in [0.2, 0.25) is 6.33 Å². The Labute approximate surface area is 309 Å². The second kappa shape index (κ2) is 13.1. The number of nitrogens with zero attached hydrogens (tertiary/aromatic N) is 5. The van der Waals surface area contributed by atoms with Gasteiger partial charge in [-0.05, 0) is 72.0 Å². The molecule has 5 nitrogen and oxygen atoms in total. The van der Waals surface area contributed by atoms with Crippen LogP contribution in [0.1, 0.15) is 37.5 Å². The van der Waals surface area contributed by atoms with Crippen LogP contribution in [0.3, 0.4) is 0 Å². The normalized spacial score (nSPS) is 11.6. The van der Waals surface area contributed by atoms with E-state index >= 15 is 0 Å². The van der Waals surface area contributed by atoms with Crippen LogP contribution in [-0.4, -0.2) is 28.1 Å². The molecule has 0 aliphatic rings. The van der Waals surface area contributed by atoms with Crippen LogP contribution in [0, 0.1) is 32.3 Å². The van der Waals surface area contributed by atoms with E-state index in [0.29, 0.717) is 0 Å². The SMILES string of the molecule is Cc1cccc(C)c1B(N(C)c1cc(C(C)(C)C)cc(-n2c3[c-]cccc3c3ccccc32)n1)[n+]1[c-]n(-c2[c-]cccc2)c2ccccc21.[Pt]. The Morgan fingerprint density at radius 1 is 0.740 bits per heavy atom. The van der Waals surface area contributed by atoms with Gasteiger partial charge in [-0.15, -0.1) is 5.39 Å². The van der Waals surface area contributed by atoms with Gasteiger partial charge in [-0.1, -0.05) is 92.6 Å². The molecular formula is C43H38BN5Pt-2. The maximum atomic E-state index is 5.49. The van der Waals surface area contributed by atoms with Crippen LogP contribution in [-0.2, 0) is 26.5 Å². The molecule has 0 aliphatic carbocycles. The summed E-state index contributed by atoms with van der Waals surface area (Å²) in [5, 5.41) is 2.36. The minimum absolute atomic E-state index is 0. The van der Waals surface area contributed by atoms with E-state index in [2.05, 4.69) is 176 Å². The maximum Gasteiger partial charge on any atom is 0.520 e. The van der Waals surface area contributed by atoms with E-state index in [0.717, 1.165) is 39.4 Å². The molecular weight excluding hydrogens is 792 g/mol. The van der Waals surface area contributed by atoms with E-state index in [4.69, 9.17) is 4.98 Å². The second-order valence-electron chi connectivity index (χ2n) is 13.9. The van der Waals surface area contributed by atoms with E-state index in [1.54, 1.807) is 0 Å². The summed E-state index contributed by atoms with van der Waals surface area (Å²) in [5.41, 5.74) is 9.94. The first-order chi connectivity index (χ1) is 23.7. The fraction of sp³-hybridized carbons (Fsp3) is 0.163.